The molecule has 55 heavy (non-hydrogen) atoms. The zero-order valence-corrected chi connectivity index (χ0v) is 32.7. The molecule has 4 aliphatic heterocycles. The molecule has 0 aromatic heterocycles. The molecule has 1 saturated carbocycles. The lowest BCUT2D eigenvalue weighted by Crippen LogP contribution is -2.53. The molecule has 8 rings (SSSR count). The van der Waals surface area contributed by atoms with Crippen LogP contribution in [0, 0.1) is 18.3 Å². The molecule has 4 heterocycles. The summed E-state index contributed by atoms with van der Waals surface area (Å²) in [5.41, 5.74) is 6.28. The number of benzene rings is 3. The van der Waals surface area contributed by atoms with Gasteiger partial charge in [-0.3, -0.25) is 38.6 Å². The molecule has 13 nitrogen and oxygen atoms in total. The van der Waals surface area contributed by atoms with Crippen LogP contribution in [0.4, 0.5) is 0 Å². The van der Waals surface area contributed by atoms with Crippen LogP contribution in [0.2, 0.25) is 0 Å². The van der Waals surface area contributed by atoms with Crippen molar-refractivity contribution in [2.45, 2.75) is 89.8 Å². The van der Waals surface area contributed by atoms with E-state index < -0.39 is 23.8 Å². The van der Waals surface area contributed by atoms with E-state index in [0.29, 0.717) is 37.3 Å². The maximum absolute atomic E-state index is 13.6. The van der Waals surface area contributed by atoms with Gasteiger partial charge in [0.05, 0.1) is 58.3 Å². The van der Waals surface area contributed by atoms with E-state index in [9.17, 15) is 34.0 Å². The molecule has 282 valence electrons. The van der Waals surface area contributed by atoms with E-state index in [-0.39, 0.29) is 60.4 Å². The first-order valence-electron chi connectivity index (χ1n) is 18.5. The first kappa shape index (κ1) is 36.8. The molecule has 6 amide bonds. The number of rotatable bonds is 7. The van der Waals surface area contributed by atoms with Crippen molar-refractivity contribution in [3.63, 3.8) is 0 Å². The number of nitrogens with zero attached hydrogens (tertiary/aromatic N) is 6. The summed E-state index contributed by atoms with van der Waals surface area (Å²) in [6, 6.07) is 15.9. The van der Waals surface area contributed by atoms with E-state index in [1.165, 1.54) is 0 Å². The number of carbonyl (C=O) groups is 6. The number of piperidine rings is 1. The SMILES string of the molecule is Cc1cc(OC2CCC(N(C)C(=O)c3ccc4c(c3)CN(C(=O)CN3Cc5cc6c(cc5C3)C(=O)N(C3CCC(=O)N(I)C3=O)C6=O)C4)CC2)ccc1C#N. The quantitative estimate of drug-likeness (QED) is 0.188. The Hall–Kier alpha value is -5.14. The summed E-state index contributed by atoms with van der Waals surface area (Å²) >= 11 is 1.62. The molecule has 1 saturated heterocycles. The molecule has 14 heteroatoms. The molecular weight excluding hydrogens is 815 g/mol. The Morgan fingerprint density at radius 1 is 0.855 bits per heavy atom. The summed E-state index contributed by atoms with van der Waals surface area (Å²) in [5.74, 6) is -1.33. The van der Waals surface area contributed by atoms with E-state index in [4.69, 9.17) is 4.74 Å². The molecule has 5 aliphatic rings. The fraction of sp³-hybridized carbons (Fsp3) is 0.390. The zero-order valence-electron chi connectivity index (χ0n) is 30.5. The number of amides is 6. The van der Waals surface area contributed by atoms with E-state index in [2.05, 4.69) is 6.07 Å². The van der Waals surface area contributed by atoms with Gasteiger partial charge in [0.15, 0.2) is 0 Å². The minimum absolute atomic E-state index is 0.0473. The molecule has 2 fully saturated rings. The highest BCUT2D eigenvalue weighted by molar-refractivity contribution is 14.1. The average molecular weight is 855 g/mol. The highest BCUT2D eigenvalue weighted by atomic mass is 127. The Bertz CT molecular complexity index is 2180. The lowest BCUT2D eigenvalue weighted by atomic mass is 9.91. The molecule has 0 spiro atoms. The Balaban J connectivity index is 0.841. The van der Waals surface area contributed by atoms with Crippen LogP contribution in [0.15, 0.2) is 48.5 Å². The summed E-state index contributed by atoms with van der Waals surface area (Å²) in [6.07, 6.45) is 3.54. The van der Waals surface area contributed by atoms with Crippen molar-refractivity contribution in [3.8, 4) is 11.8 Å². The summed E-state index contributed by atoms with van der Waals surface area (Å²) in [7, 11) is 1.85. The van der Waals surface area contributed by atoms with Gasteiger partial charge in [0.25, 0.3) is 23.6 Å². The highest BCUT2D eigenvalue weighted by Crippen LogP contribution is 2.35. The number of imide groups is 2. The third-order valence-corrected chi connectivity index (χ3v) is 12.7. The fourth-order valence-corrected chi connectivity index (χ4v) is 9.10. The summed E-state index contributed by atoms with van der Waals surface area (Å²) in [4.78, 5) is 85.3. The van der Waals surface area contributed by atoms with Gasteiger partial charge in [-0.25, -0.2) is 3.11 Å². The maximum atomic E-state index is 13.6. The average Bonchev–Trinajstić information content (AvgIpc) is 3.86. The number of hydrogen-bond acceptors (Lipinski definition) is 9. The molecule has 0 bridgehead atoms. The van der Waals surface area contributed by atoms with Crippen molar-refractivity contribution in [1.29, 1.82) is 5.26 Å². The van der Waals surface area contributed by atoms with Crippen LogP contribution < -0.4 is 4.74 Å². The van der Waals surface area contributed by atoms with Gasteiger partial charge >= 0.3 is 0 Å². The highest BCUT2D eigenvalue weighted by Gasteiger charge is 2.47. The summed E-state index contributed by atoms with van der Waals surface area (Å²) < 4.78 is 7.16. The predicted molar refractivity (Wildman–Crippen MR) is 205 cm³/mol. The molecule has 3 aromatic carbocycles. The first-order chi connectivity index (χ1) is 26.4. The van der Waals surface area contributed by atoms with Crippen molar-refractivity contribution in [2.75, 3.05) is 13.6 Å². The Labute approximate surface area is 332 Å². The van der Waals surface area contributed by atoms with Gasteiger partial charge in [-0.2, -0.15) is 5.26 Å². The van der Waals surface area contributed by atoms with E-state index in [1.54, 1.807) is 46.0 Å². The zero-order chi connectivity index (χ0) is 38.7. The number of hydrogen-bond donors (Lipinski definition) is 0. The number of halogens is 1. The van der Waals surface area contributed by atoms with E-state index >= 15 is 0 Å². The van der Waals surface area contributed by atoms with Crippen LogP contribution in [0.5, 0.6) is 5.75 Å². The largest absolute Gasteiger partial charge is 0.490 e. The Morgan fingerprint density at radius 2 is 1.51 bits per heavy atom. The lowest BCUT2D eigenvalue weighted by Gasteiger charge is -2.35. The van der Waals surface area contributed by atoms with Gasteiger partial charge in [-0.1, -0.05) is 6.07 Å². The second-order valence-corrected chi connectivity index (χ2v) is 16.1. The van der Waals surface area contributed by atoms with Gasteiger partial charge < -0.3 is 14.5 Å². The van der Waals surface area contributed by atoms with Crippen molar-refractivity contribution in [3.05, 3.63) is 98.6 Å². The van der Waals surface area contributed by atoms with E-state index in [0.717, 1.165) is 67.3 Å². The number of carbonyl (C=O) groups excluding carboxylic acids is 6. The maximum Gasteiger partial charge on any atom is 0.262 e. The molecule has 1 atom stereocenters. The summed E-state index contributed by atoms with van der Waals surface area (Å²) in [5, 5.41) is 9.20. The molecule has 1 unspecified atom stereocenters. The minimum Gasteiger partial charge on any atom is -0.490 e. The van der Waals surface area contributed by atoms with Gasteiger partial charge in [0, 0.05) is 51.3 Å². The standard InChI is InChI=1S/C41H39IN6O7/c1-23-13-32(8-5-25(23)17-43)55-31-9-6-30(7-10-31)44(2)38(51)24-3-4-26-20-46(21-27(26)14-24)37(50)22-45-18-28-15-33-34(16-29(28)19-45)40(53)47(39(33)52)35-11-12-36(49)48(42)41(35)54/h3-5,8,13-16,30-31,35H,6-7,9-12,18-22H2,1-2H3. The molecular formula is C41H39IN6O7. The van der Waals surface area contributed by atoms with Crippen LogP contribution in [0.3, 0.4) is 0 Å². The van der Waals surface area contributed by atoms with Crippen molar-refractivity contribution in [2.24, 2.45) is 0 Å². The first-order valence-corrected chi connectivity index (χ1v) is 19.5. The van der Waals surface area contributed by atoms with Crippen LogP contribution in [-0.2, 0) is 40.6 Å². The van der Waals surface area contributed by atoms with Gasteiger partial charge in [-0.15, -0.1) is 0 Å². The lowest BCUT2D eigenvalue weighted by molar-refractivity contribution is -0.143. The van der Waals surface area contributed by atoms with Crippen LogP contribution in [0.1, 0.15) is 103 Å². The number of fused-ring (bicyclic) bond motifs is 3. The van der Waals surface area contributed by atoms with Crippen LogP contribution in [0.25, 0.3) is 0 Å². The number of aryl methyl sites for hydroxylation is 1. The molecule has 1 aliphatic carbocycles. The number of nitriles is 1. The third-order valence-electron chi connectivity index (χ3n) is 11.7. The molecule has 0 radical (unpaired) electrons. The smallest absolute Gasteiger partial charge is 0.262 e. The van der Waals surface area contributed by atoms with Crippen LogP contribution in [-0.4, -0.2) is 89.9 Å². The Kier molecular flexibility index (Phi) is 9.71. The minimum atomic E-state index is -1.01. The fourth-order valence-electron chi connectivity index (χ4n) is 8.54. The normalized spacial score (nSPS) is 22.1. The number of ether oxygens (including phenoxy) is 1. The molecule has 0 N–H and O–H groups in total. The van der Waals surface area contributed by atoms with Gasteiger partial charge in [0.1, 0.15) is 11.8 Å². The second kappa shape index (κ2) is 14.5. The van der Waals surface area contributed by atoms with Gasteiger partial charge in [0.2, 0.25) is 11.8 Å². The monoisotopic (exact) mass is 854 g/mol. The molecule has 3 aromatic rings. The van der Waals surface area contributed by atoms with Crippen molar-refractivity contribution in [1.82, 2.24) is 22.7 Å². The summed E-state index contributed by atoms with van der Waals surface area (Å²) in [6.45, 7) is 3.78. The third kappa shape index (κ3) is 6.77. The topological polar surface area (TPSA) is 152 Å². The van der Waals surface area contributed by atoms with Gasteiger partial charge in [-0.05, 0) is 109 Å². The Morgan fingerprint density at radius 3 is 2.16 bits per heavy atom. The predicted octanol–water partition coefficient (Wildman–Crippen LogP) is 4.65. The van der Waals surface area contributed by atoms with E-state index in [1.807, 2.05) is 54.1 Å². The van der Waals surface area contributed by atoms with Crippen molar-refractivity contribution >= 4 is 58.3 Å². The second-order valence-electron chi connectivity index (χ2n) is 15.1. The van der Waals surface area contributed by atoms with Crippen LogP contribution >= 0.6 is 22.9 Å². The van der Waals surface area contributed by atoms with Crippen molar-refractivity contribution < 1.29 is 33.5 Å².